The summed E-state index contributed by atoms with van der Waals surface area (Å²) in [6.07, 6.45) is 1.72. The predicted molar refractivity (Wildman–Crippen MR) is 82.5 cm³/mol. The van der Waals surface area contributed by atoms with E-state index in [1.54, 1.807) is 24.0 Å². The van der Waals surface area contributed by atoms with Gasteiger partial charge < -0.3 is 0 Å². The Kier molecular flexibility index (Phi) is 3.76. The maximum Gasteiger partial charge on any atom is 0.258 e. The van der Waals surface area contributed by atoms with Crippen molar-refractivity contribution in [2.75, 3.05) is 0 Å². The van der Waals surface area contributed by atoms with Gasteiger partial charge in [0.2, 0.25) is 0 Å². The van der Waals surface area contributed by atoms with Gasteiger partial charge in [0.1, 0.15) is 5.65 Å². The lowest BCUT2D eigenvalue weighted by Gasteiger charge is -2.04. The Hall–Kier alpha value is -1.78. The maximum absolute atomic E-state index is 12.0. The summed E-state index contributed by atoms with van der Waals surface area (Å²) in [5.74, 6) is 0.655. The molecule has 5 heteroatoms. The van der Waals surface area contributed by atoms with E-state index in [-0.39, 0.29) is 5.56 Å². The highest BCUT2D eigenvalue weighted by atomic mass is 35.5. The zero-order valence-corrected chi connectivity index (χ0v) is 12.1. The van der Waals surface area contributed by atoms with E-state index in [1.807, 2.05) is 42.5 Å². The van der Waals surface area contributed by atoms with Crippen LogP contribution in [0.15, 0.2) is 64.4 Å². The van der Waals surface area contributed by atoms with Crippen molar-refractivity contribution < 1.29 is 0 Å². The largest absolute Gasteiger partial charge is 0.269 e. The van der Waals surface area contributed by atoms with Crippen molar-refractivity contribution in [3.8, 4) is 0 Å². The first-order valence-corrected chi connectivity index (χ1v) is 7.44. The van der Waals surface area contributed by atoms with E-state index in [0.717, 1.165) is 15.6 Å². The number of aromatic nitrogens is 2. The number of halogens is 1. The zero-order chi connectivity index (χ0) is 13.9. The molecule has 0 N–H and O–H groups in total. The van der Waals surface area contributed by atoms with Crippen molar-refractivity contribution in [1.82, 2.24) is 9.38 Å². The minimum Gasteiger partial charge on any atom is -0.269 e. The van der Waals surface area contributed by atoms with Crippen LogP contribution in [0.2, 0.25) is 5.02 Å². The Labute approximate surface area is 125 Å². The predicted octanol–water partition coefficient (Wildman–Crippen LogP) is 3.64. The van der Waals surface area contributed by atoms with Crippen molar-refractivity contribution in [2.24, 2.45) is 0 Å². The lowest BCUT2D eigenvalue weighted by molar-refractivity contribution is 1.01. The van der Waals surface area contributed by atoms with Crippen LogP contribution in [0.25, 0.3) is 5.65 Å². The van der Waals surface area contributed by atoms with Gasteiger partial charge in [0.05, 0.1) is 5.69 Å². The van der Waals surface area contributed by atoms with Crippen LogP contribution in [-0.2, 0) is 5.75 Å². The lowest BCUT2D eigenvalue weighted by Crippen LogP contribution is -2.14. The van der Waals surface area contributed by atoms with Gasteiger partial charge in [-0.15, -0.1) is 11.8 Å². The molecule has 0 spiro atoms. The Morgan fingerprint density at radius 3 is 2.75 bits per heavy atom. The highest BCUT2D eigenvalue weighted by Gasteiger charge is 2.03. The summed E-state index contributed by atoms with van der Waals surface area (Å²) < 4.78 is 1.54. The summed E-state index contributed by atoms with van der Waals surface area (Å²) in [5.41, 5.74) is 1.40. The van der Waals surface area contributed by atoms with E-state index in [1.165, 1.54) is 4.40 Å². The minimum atomic E-state index is -0.0534. The second-order valence-corrected chi connectivity index (χ2v) is 5.74. The third-order valence-electron chi connectivity index (χ3n) is 2.82. The standard InChI is InChI=1S/C15H11ClN2OS/c16-11-4-6-13(7-5-11)20-10-12-9-15(19)18-8-2-1-3-14(18)17-12/h1-9H,10H2. The molecule has 1 aromatic carbocycles. The first kappa shape index (κ1) is 13.2. The number of pyridine rings is 1. The van der Waals surface area contributed by atoms with Crippen LogP contribution in [0.3, 0.4) is 0 Å². The third kappa shape index (κ3) is 2.86. The van der Waals surface area contributed by atoms with Crippen LogP contribution in [0.4, 0.5) is 0 Å². The van der Waals surface area contributed by atoms with Crippen molar-refractivity contribution in [3.63, 3.8) is 0 Å². The van der Waals surface area contributed by atoms with Gasteiger partial charge in [0.15, 0.2) is 0 Å². The molecule has 2 heterocycles. The van der Waals surface area contributed by atoms with E-state index >= 15 is 0 Å². The van der Waals surface area contributed by atoms with Gasteiger partial charge in [-0.1, -0.05) is 17.7 Å². The molecule has 0 radical (unpaired) electrons. The Morgan fingerprint density at radius 2 is 1.95 bits per heavy atom. The fraction of sp³-hybridized carbons (Fsp3) is 0.0667. The molecule has 3 rings (SSSR count). The molecule has 0 atom stereocenters. The van der Waals surface area contributed by atoms with Gasteiger partial charge in [-0.25, -0.2) is 4.98 Å². The van der Waals surface area contributed by atoms with Crippen LogP contribution in [-0.4, -0.2) is 9.38 Å². The number of fused-ring (bicyclic) bond motifs is 1. The average molecular weight is 303 g/mol. The van der Waals surface area contributed by atoms with Crippen LogP contribution >= 0.6 is 23.4 Å². The van der Waals surface area contributed by atoms with E-state index < -0.39 is 0 Å². The smallest absolute Gasteiger partial charge is 0.258 e. The van der Waals surface area contributed by atoms with E-state index in [2.05, 4.69) is 4.98 Å². The Morgan fingerprint density at radius 1 is 1.15 bits per heavy atom. The van der Waals surface area contributed by atoms with Gasteiger partial charge in [0.25, 0.3) is 5.56 Å². The van der Waals surface area contributed by atoms with Crippen molar-refractivity contribution >= 4 is 29.0 Å². The minimum absolute atomic E-state index is 0.0534. The summed E-state index contributed by atoms with van der Waals surface area (Å²) in [4.78, 5) is 17.5. The molecule has 0 saturated heterocycles. The highest BCUT2D eigenvalue weighted by molar-refractivity contribution is 7.98. The molecule has 100 valence electrons. The maximum atomic E-state index is 12.0. The normalized spacial score (nSPS) is 10.8. The molecule has 0 unspecified atom stereocenters. The fourth-order valence-electron chi connectivity index (χ4n) is 1.87. The summed E-state index contributed by atoms with van der Waals surface area (Å²) in [7, 11) is 0. The molecule has 3 nitrogen and oxygen atoms in total. The summed E-state index contributed by atoms with van der Waals surface area (Å²) in [6, 6.07) is 14.7. The average Bonchev–Trinajstić information content (AvgIpc) is 2.47. The van der Waals surface area contributed by atoms with Crippen LogP contribution in [0.5, 0.6) is 0 Å². The molecular weight excluding hydrogens is 292 g/mol. The monoisotopic (exact) mass is 302 g/mol. The van der Waals surface area contributed by atoms with Gasteiger partial charge in [-0.2, -0.15) is 0 Å². The van der Waals surface area contributed by atoms with Gasteiger partial charge in [-0.3, -0.25) is 9.20 Å². The van der Waals surface area contributed by atoms with Crippen molar-refractivity contribution in [3.05, 3.63) is 75.8 Å². The first-order chi connectivity index (χ1) is 9.72. The highest BCUT2D eigenvalue weighted by Crippen LogP contribution is 2.23. The molecule has 2 aromatic heterocycles. The lowest BCUT2D eigenvalue weighted by atomic mass is 10.4. The first-order valence-electron chi connectivity index (χ1n) is 6.08. The molecule has 20 heavy (non-hydrogen) atoms. The van der Waals surface area contributed by atoms with E-state index in [4.69, 9.17) is 11.6 Å². The summed E-state index contributed by atoms with van der Waals surface area (Å²) >= 11 is 7.48. The number of hydrogen-bond donors (Lipinski definition) is 0. The second kappa shape index (κ2) is 5.69. The summed E-state index contributed by atoms with van der Waals surface area (Å²) in [6.45, 7) is 0. The van der Waals surface area contributed by atoms with Crippen molar-refractivity contribution in [1.29, 1.82) is 0 Å². The third-order valence-corrected chi connectivity index (χ3v) is 4.12. The Balaban J connectivity index is 1.84. The van der Waals surface area contributed by atoms with Crippen LogP contribution in [0.1, 0.15) is 5.69 Å². The van der Waals surface area contributed by atoms with Crippen molar-refractivity contribution in [2.45, 2.75) is 10.6 Å². The molecule has 0 fully saturated rings. The number of benzene rings is 1. The molecule has 0 aliphatic rings. The molecular formula is C15H11ClN2OS. The number of hydrogen-bond acceptors (Lipinski definition) is 3. The molecule has 0 saturated carbocycles. The molecule has 3 aromatic rings. The SMILES string of the molecule is O=c1cc(CSc2ccc(Cl)cc2)nc2ccccn12. The number of thioether (sulfide) groups is 1. The van der Waals surface area contributed by atoms with E-state index in [9.17, 15) is 4.79 Å². The Bertz CT molecular complexity index is 799. The number of rotatable bonds is 3. The topological polar surface area (TPSA) is 34.4 Å². The quantitative estimate of drug-likeness (QED) is 0.693. The van der Waals surface area contributed by atoms with Gasteiger partial charge in [-0.05, 0) is 36.4 Å². The van der Waals surface area contributed by atoms with E-state index in [0.29, 0.717) is 11.4 Å². The summed E-state index contributed by atoms with van der Waals surface area (Å²) in [5, 5.41) is 0.719. The fourth-order valence-corrected chi connectivity index (χ4v) is 2.78. The van der Waals surface area contributed by atoms with Gasteiger partial charge in [0, 0.05) is 27.9 Å². The molecule has 0 bridgehead atoms. The van der Waals surface area contributed by atoms with Gasteiger partial charge >= 0.3 is 0 Å². The van der Waals surface area contributed by atoms with Crippen LogP contribution < -0.4 is 5.56 Å². The molecule has 0 aliphatic carbocycles. The molecule has 0 amide bonds. The number of nitrogens with zero attached hydrogens (tertiary/aromatic N) is 2. The zero-order valence-electron chi connectivity index (χ0n) is 10.5. The molecule has 0 aliphatic heterocycles. The second-order valence-electron chi connectivity index (χ2n) is 4.26. The van der Waals surface area contributed by atoms with Crippen LogP contribution in [0, 0.1) is 0 Å².